The number of carbonyl (C=O) groups excluding carboxylic acids is 2. The zero-order valence-corrected chi connectivity index (χ0v) is 17.9. The van der Waals surface area contributed by atoms with Gasteiger partial charge < -0.3 is 19.5 Å². The van der Waals surface area contributed by atoms with Gasteiger partial charge in [-0.2, -0.15) is 0 Å². The van der Waals surface area contributed by atoms with Gasteiger partial charge in [0.1, 0.15) is 17.2 Å². The zero-order chi connectivity index (χ0) is 23.3. The molecule has 10 heteroatoms. The quantitative estimate of drug-likeness (QED) is 0.259. The number of non-ortho nitro benzene ring substituents is 1. The second kappa shape index (κ2) is 9.92. The summed E-state index contributed by atoms with van der Waals surface area (Å²) in [6.07, 6.45) is 0.473. The van der Waals surface area contributed by atoms with Crippen molar-refractivity contribution in [3.63, 3.8) is 0 Å². The molecule has 0 saturated carbocycles. The van der Waals surface area contributed by atoms with E-state index in [1.165, 1.54) is 45.6 Å². The van der Waals surface area contributed by atoms with Crippen LogP contribution in [0, 0.1) is 10.1 Å². The maximum Gasteiger partial charge on any atom is 0.278 e. The highest BCUT2D eigenvalue weighted by atomic mass is 16.6. The second-order valence-electron chi connectivity index (χ2n) is 6.85. The molecule has 1 N–H and O–H groups in total. The lowest BCUT2D eigenvalue weighted by molar-refractivity contribution is -0.384. The predicted octanol–water partition coefficient (Wildman–Crippen LogP) is 2.84. The maximum absolute atomic E-state index is 13.2. The molecule has 0 fully saturated rings. The molecule has 1 aliphatic heterocycles. The fourth-order valence-corrected chi connectivity index (χ4v) is 3.32. The Kier molecular flexibility index (Phi) is 7.06. The van der Waals surface area contributed by atoms with Crippen molar-refractivity contribution in [3.05, 3.63) is 63.8 Å². The Morgan fingerprint density at radius 3 is 2.31 bits per heavy atom. The summed E-state index contributed by atoms with van der Waals surface area (Å²) >= 11 is 0. The molecule has 1 heterocycles. The van der Waals surface area contributed by atoms with Crippen molar-refractivity contribution in [1.29, 1.82) is 0 Å². The van der Waals surface area contributed by atoms with Crippen LogP contribution < -0.4 is 14.8 Å². The molecular formula is C22H23N3O7. The first kappa shape index (κ1) is 22.8. The van der Waals surface area contributed by atoms with Crippen molar-refractivity contribution in [1.82, 2.24) is 4.90 Å². The largest absolute Gasteiger partial charge is 0.497 e. The van der Waals surface area contributed by atoms with Crippen LogP contribution >= 0.6 is 0 Å². The van der Waals surface area contributed by atoms with Crippen LogP contribution in [-0.2, 0) is 14.3 Å². The maximum atomic E-state index is 13.2. The normalized spacial score (nSPS) is 13.5. The lowest BCUT2D eigenvalue weighted by Gasteiger charge is -2.16. The Balaban J connectivity index is 2.04. The van der Waals surface area contributed by atoms with Gasteiger partial charge in [0.2, 0.25) is 0 Å². The number of nitro benzene ring substituents is 1. The van der Waals surface area contributed by atoms with Gasteiger partial charge >= 0.3 is 0 Å². The van der Waals surface area contributed by atoms with Crippen molar-refractivity contribution in [3.8, 4) is 11.5 Å². The van der Waals surface area contributed by atoms with E-state index in [9.17, 15) is 19.7 Å². The molecule has 3 rings (SSSR count). The summed E-state index contributed by atoms with van der Waals surface area (Å²) in [4.78, 5) is 37.9. The first-order valence-electron chi connectivity index (χ1n) is 9.74. The Bertz CT molecular complexity index is 1060. The molecule has 168 valence electrons. The third-order valence-electron chi connectivity index (χ3n) is 4.93. The number of imide groups is 1. The number of nitrogens with zero attached hydrogens (tertiary/aromatic N) is 2. The number of nitrogens with one attached hydrogen (secondary N) is 1. The van der Waals surface area contributed by atoms with E-state index in [2.05, 4.69) is 5.32 Å². The molecule has 0 aromatic heterocycles. The first-order chi connectivity index (χ1) is 15.4. The summed E-state index contributed by atoms with van der Waals surface area (Å²) in [7, 11) is 4.54. The molecule has 10 nitrogen and oxygen atoms in total. The average Bonchev–Trinajstić information content (AvgIpc) is 3.03. The van der Waals surface area contributed by atoms with E-state index in [1.54, 1.807) is 18.2 Å². The van der Waals surface area contributed by atoms with Gasteiger partial charge in [-0.15, -0.1) is 0 Å². The summed E-state index contributed by atoms with van der Waals surface area (Å²) in [5, 5.41) is 14.0. The molecular weight excluding hydrogens is 418 g/mol. The number of anilines is 1. The standard InChI is InChI=1S/C22H23N3O7/c1-30-12-4-11-24-21(26)19(14-5-7-15(8-6-14)25(28)29)20(22(24)27)23-17-10-9-16(31-2)13-18(17)32-3/h5-10,13,23H,4,11-12H2,1-3H3. The van der Waals surface area contributed by atoms with Crippen LogP contribution in [0.4, 0.5) is 11.4 Å². The summed E-state index contributed by atoms with van der Waals surface area (Å²) in [6.45, 7) is 0.561. The molecule has 0 saturated heterocycles. The van der Waals surface area contributed by atoms with E-state index >= 15 is 0 Å². The molecule has 0 unspecified atom stereocenters. The van der Waals surface area contributed by atoms with Gasteiger partial charge in [0.05, 0.1) is 30.4 Å². The molecule has 0 bridgehead atoms. The third-order valence-corrected chi connectivity index (χ3v) is 4.93. The average molecular weight is 441 g/mol. The van der Waals surface area contributed by atoms with Crippen LogP contribution in [0.25, 0.3) is 5.57 Å². The minimum Gasteiger partial charge on any atom is -0.497 e. The van der Waals surface area contributed by atoms with Crippen LogP contribution in [0.3, 0.4) is 0 Å². The minimum absolute atomic E-state index is 0.0599. The molecule has 1 aliphatic rings. The Morgan fingerprint density at radius 2 is 1.72 bits per heavy atom. The predicted molar refractivity (Wildman–Crippen MR) is 116 cm³/mol. The van der Waals surface area contributed by atoms with Crippen molar-refractivity contribution in [2.24, 2.45) is 0 Å². The van der Waals surface area contributed by atoms with E-state index in [1.807, 2.05) is 0 Å². The van der Waals surface area contributed by atoms with Gasteiger partial charge in [-0.25, -0.2) is 0 Å². The monoisotopic (exact) mass is 441 g/mol. The zero-order valence-electron chi connectivity index (χ0n) is 17.9. The second-order valence-corrected chi connectivity index (χ2v) is 6.85. The fraction of sp³-hybridized carbons (Fsp3) is 0.273. The number of nitro groups is 1. The molecule has 2 aromatic rings. The molecule has 32 heavy (non-hydrogen) atoms. The highest BCUT2D eigenvalue weighted by Gasteiger charge is 2.39. The third kappa shape index (κ3) is 4.54. The Labute approximate surface area is 184 Å². The van der Waals surface area contributed by atoms with Crippen LogP contribution in [0.2, 0.25) is 0 Å². The topological polar surface area (TPSA) is 120 Å². The fourth-order valence-electron chi connectivity index (χ4n) is 3.32. The van der Waals surface area contributed by atoms with Crippen LogP contribution in [0.15, 0.2) is 48.2 Å². The van der Waals surface area contributed by atoms with Crippen LogP contribution in [0.1, 0.15) is 12.0 Å². The molecule has 0 radical (unpaired) electrons. The van der Waals surface area contributed by atoms with Crippen LogP contribution in [-0.4, -0.2) is 56.1 Å². The van der Waals surface area contributed by atoms with Gasteiger partial charge in [-0.3, -0.25) is 24.6 Å². The number of ether oxygens (including phenoxy) is 3. The number of methoxy groups -OCH3 is 3. The van der Waals surface area contributed by atoms with Gasteiger partial charge in [-0.05, 0) is 36.2 Å². The first-order valence-corrected chi connectivity index (χ1v) is 9.74. The molecule has 2 amide bonds. The van der Waals surface area contributed by atoms with Crippen molar-refractivity contribution in [2.75, 3.05) is 39.8 Å². The molecule has 0 spiro atoms. The smallest absolute Gasteiger partial charge is 0.278 e. The Hall–Kier alpha value is -3.92. The van der Waals surface area contributed by atoms with Gasteiger partial charge in [0.25, 0.3) is 17.5 Å². The number of hydrogen-bond donors (Lipinski definition) is 1. The van der Waals surface area contributed by atoms with Gasteiger partial charge in [0, 0.05) is 38.5 Å². The van der Waals surface area contributed by atoms with Crippen LogP contribution in [0.5, 0.6) is 11.5 Å². The van der Waals surface area contributed by atoms with Crippen molar-refractivity contribution >= 4 is 28.8 Å². The van der Waals surface area contributed by atoms with E-state index in [0.717, 1.165) is 4.90 Å². The highest BCUT2D eigenvalue weighted by molar-refractivity contribution is 6.36. The van der Waals surface area contributed by atoms with Gasteiger partial charge in [-0.1, -0.05) is 0 Å². The molecule has 0 aliphatic carbocycles. The van der Waals surface area contributed by atoms with Gasteiger partial charge in [0.15, 0.2) is 0 Å². The van der Waals surface area contributed by atoms with E-state index < -0.39 is 16.7 Å². The number of carbonyl (C=O) groups is 2. The van der Waals surface area contributed by atoms with Crippen molar-refractivity contribution in [2.45, 2.75) is 6.42 Å². The molecule has 0 atom stereocenters. The molecule has 2 aromatic carbocycles. The minimum atomic E-state index is -0.530. The van der Waals surface area contributed by atoms with E-state index in [0.29, 0.717) is 35.8 Å². The number of rotatable bonds is 10. The highest BCUT2D eigenvalue weighted by Crippen LogP contribution is 2.35. The number of hydrogen-bond acceptors (Lipinski definition) is 8. The summed E-state index contributed by atoms with van der Waals surface area (Å²) in [6, 6.07) is 10.5. The lowest BCUT2D eigenvalue weighted by atomic mass is 10.0. The lowest BCUT2D eigenvalue weighted by Crippen LogP contribution is -2.33. The van der Waals surface area contributed by atoms with E-state index in [-0.39, 0.29) is 23.5 Å². The number of benzene rings is 2. The number of amides is 2. The van der Waals surface area contributed by atoms with Crippen molar-refractivity contribution < 1.29 is 28.7 Å². The summed E-state index contributed by atoms with van der Waals surface area (Å²) in [5.74, 6) is -0.0165. The SMILES string of the molecule is COCCCN1C(=O)C(Nc2ccc(OC)cc2OC)=C(c2ccc([N+](=O)[O-])cc2)C1=O. The Morgan fingerprint density at radius 1 is 1.00 bits per heavy atom. The van der Waals surface area contributed by atoms with E-state index in [4.69, 9.17) is 14.2 Å². The summed E-state index contributed by atoms with van der Waals surface area (Å²) < 4.78 is 15.6. The summed E-state index contributed by atoms with van der Waals surface area (Å²) in [5.41, 5.74) is 0.917.